The molecule has 0 aromatic rings. The molecule has 0 heterocycles. The van der Waals surface area contributed by atoms with E-state index in [1.54, 1.807) is 0 Å². The summed E-state index contributed by atoms with van der Waals surface area (Å²) in [6.07, 6.45) is 4.97. The van der Waals surface area contributed by atoms with Gasteiger partial charge in [0.1, 0.15) is 6.61 Å². The van der Waals surface area contributed by atoms with E-state index in [4.69, 9.17) is 4.52 Å². The molecular formula is C8H18NdO2P+. The van der Waals surface area contributed by atoms with Crippen LogP contribution in [0.5, 0.6) is 0 Å². The van der Waals surface area contributed by atoms with Gasteiger partial charge in [0.05, 0.1) is 0 Å². The predicted molar refractivity (Wildman–Crippen MR) is 48.2 cm³/mol. The van der Waals surface area contributed by atoms with Gasteiger partial charge in [0.25, 0.3) is 0 Å². The van der Waals surface area contributed by atoms with Gasteiger partial charge >= 0.3 is 8.03 Å². The molecule has 0 fully saturated rings. The van der Waals surface area contributed by atoms with Gasteiger partial charge < -0.3 is 0 Å². The molecule has 0 aromatic heterocycles. The molecule has 4 heteroatoms. The van der Waals surface area contributed by atoms with Gasteiger partial charge in [0, 0.05) is 40.8 Å². The molecule has 0 saturated carbocycles. The molecule has 0 rings (SSSR count). The van der Waals surface area contributed by atoms with E-state index in [-0.39, 0.29) is 40.8 Å². The van der Waals surface area contributed by atoms with Crippen molar-refractivity contribution in [2.75, 3.05) is 12.8 Å². The second-order valence-corrected chi connectivity index (χ2v) is 3.97. The van der Waals surface area contributed by atoms with Crippen LogP contribution in [0.4, 0.5) is 0 Å². The number of rotatable bonds is 7. The second-order valence-electron chi connectivity index (χ2n) is 2.60. The second kappa shape index (κ2) is 12.4. The Labute approximate surface area is 109 Å². The van der Waals surface area contributed by atoms with Gasteiger partial charge in [0.2, 0.25) is 0 Å². The number of unbranched alkanes of at least 4 members (excludes halogenated alkanes) is 2. The summed E-state index contributed by atoms with van der Waals surface area (Å²) in [5, 5.41) is 0. The van der Waals surface area contributed by atoms with Crippen LogP contribution in [0, 0.1) is 40.8 Å². The van der Waals surface area contributed by atoms with Crippen molar-refractivity contribution in [2.45, 2.75) is 39.5 Å². The van der Waals surface area contributed by atoms with E-state index in [2.05, 4.69) is 13.8 Å². The molecule has 0 aromatic carbocycles. The molecule has 0 amide bonds. The third-order valence-corrected chi connectivity index (χ3v) is 2.58. The van der Waals surface area contributed by atoms with Crippen LogP contribution >= 0.6 is 8.03 Å². The zero-order valence-electron chi connectivity index (χ0n) is 8.01. The van der Waals surface area contributed by atoms with Crippen LogP contribution in [0.3, 0.4) is 0 Å². The fourth-order valence-electron chi connectivity index (χ4n) is 0.662. The van der Waals surface area contributed by atoms with Crippen LogP contribution < -0.4 is 0 Å². The van der Waals surface area contributed by atoms with E-state index in [9.17, 15) is 4.57 Å². The monoisotopic (exact) mass is 319 g/mol. The van der Waals surface area contributed by atoms with Gasteiger partial charge in [-0.25, -0.2) is 0 Å². The van der Waals surface area contributed by atoms with E-state index in [0.29, 0.717) is 6.61 Å². The summed E-state index contributed by atoms with van der Waals surface area (Å²) in [5.41, 5.74) is 0. The molecule has 0 aliphatic heterocycles. The Bertz CT molecular complexity index is 109. The van der Waals surface area contributed by atoms with Crippen molar-refractivity contribution in [3.05, 3.63) is 0 Å². The average Bonchev–Trinajstić information content (AvgIpc) is 2.01. The molecule has 2 nitrogen and oxygen atoms in total. The van der Waals surface area contributed by atoms with Gasteiger partial charge in [-0.15, -0.1) is 4.52 Å². The van der Waals surface area contributed by atoms with E-state index < -0.39 is 8.03 Å². The zero-order valence-corrected chi connectivity index (χ0v) is 12.1. The van der Waals surface area contributed by atoms with Crippen molar-refractivity contribution in [3.63, 3.8) is 0 Å². The minimum Gasteiger partial charge on any atom is -0.146 e. The first kappa shape index (κ1) is 15.9. The summed E-state index contributed by atoms with van der Waals surface area (Å²) >= 11 is 0. The molecule has 0 saturated heterocycles. The van der Waals surface area contributed by atoms with Gasteiger partial charge in [0.15, 0.2) is 6.16 Å². The van der Waals surface area contributed by atoms with Crippen molar-refractivity contribution >= 4 is 8.03 Å². The third kappa shape index (κ3) is 11.4. The Kier molecular flexibility index (Phi) is 16.4. The molecule has 0 aliphatic rings. The summed E-state index contributed by atoms with van der Waals surface area (Å²) < 4.78 is 16.1. The molecular weight excluding hydrogens is 303 g/mol. The van der Waals surface area contributed by atoms with E-state index >= 15 is 0 Å². The minimum absolute atomic E-state index is 0. The molecule has 1 unspecified atom stereocenters. The van der Waals surface area contributed by atoms with Crippen molar-refractivity contribution in [1.29, 1.82) is 0 Å². The van der Waals surface area contributed by atoms with Crippen molar-refractivity contribution in [2.24, 2.45) is 0 Å². The summed E-state index contributed by atoms with van der Waals surface area (Å²) in [6, 6.07) is 0. The Balaban J connectivity index is 0. The Hall–Kier alpha value is 1.41. The standard InChI is InChI=1S/C8H18O2P.Nd/c1-3-5-7-10-11(9)8-6-4-2;/h3-8H2,1-2H3;/q+1;. The molecule has 0 aliphatic carbocycles. The van der Waals surface area contributed by atoms with Crippen molar-refractivity contribution in [3.8, 4) is 0 Å². The molecule has 0 spiro atoms. The normalized spacial score (nSPS) is 10.7. The van der Waals surface area contributed by atoms with E-state index in [1.807, 2.05) is 0 Å². The average molecular weight is 321 g/mol. The molecule has 12 heavy (non-hydrogen) atoms. The van der Waals surface area contributed by atoms with Gasteiger partial charge in [-0.05, 0) is 17.4 Å². The molecule has 70 valence electrons. The zero-order chi connectivity index (χ0) is 8.53. The number of hydrogen-bond acceptors (Lipinski definition) is 2. The summed E-state index contributed by atoms with van der Waals surface area (Å²) in [6.45, 7) is 4.85. The molecule has 0 N–H and O–H groups in total. The Morgan fingerprint density at radius 3 is 2.25 bits per heavy atom. The maximum atomic E-state index is 11.0. The van der Waals surface area contributed by atoms with Crippen LogP contribution in [0.15, 0.2) is 0 Å². The third-order valence-electron chi connectivity index (χ3n) is 1.43. The van der Waals surface area contributed by atoms with E-state index in [1.165, 1.54) is 0 Å². The SMILES string of the molecule is CCCCO[P+](=O)CCCC.[Nd]. The Morgan fingerprint density at radius 1 is 1.17 bits per heavy atom. The van der Waals surface area contributed by atoms with E-state index in [0.717, 1.165) is 31.8 Å². The van der Waals surface area contributed by atoms with Gasteiger partial charge in [-0.1, -0.05) is 26.7 Å². The molecule has 0 bridgehead atoms. The topological polar surface area (TPSA) is 26.3 Å². The van der Waals surface area contributed by atoms with Crippen LogP contribution in [-0.4, -0.2) is 12.8 Å². The van der Waals surface area contributed by atoms with Crippen molar-refractivity contribution in [1.82, 2.24) is 0 Å². The summed E-state index contributed by atoms with van der Waals surface area (Å²) in [4.78, 5) is 0. The van der Waals surface area contributed by atoms with Crippen LogP contribution in [-0.2, 0) is 9.09 Å². The van der Waals surface area contributed by atoms with Gasteiger partial charge in [-0.2, -0.15) is 0 Å². The van der Waals surface area contributed by atoms with Crippen LogP contribution in [0.1, 0.15) is 39.5 Å². The smallest absolute Gasteiger partial charge is 0.146 e. The van der Waals surface area contributed by atoms with Crippen molar-refractivity contribution < 1.29 is 49.9 Å². The quantitative estimate of drug-likeness (QED) is 0.531. The largest absolute Gasteiger partial charge is 0.508 e. The summed E-state index contributed by atoms with van der Waals surface area (Å²) in [5.74, 6) is 0. The maximum absolute atomic E-state index is 11.0. The van der Waals surface area contributed by atoms with Crippen LogP contribution in [0.2, 0.25) is 0 Å². The predicted octanol–water partition coefficient (Wildman–Crippen LogP) is 3.35. The van der Waals surface area contributed by atoms with Gasteiger partial charge in [-0.3, -0.25) is 0 Å². The first-order chi connectivity index (χ1) is 5.31. The van der Waals surface area contributed by atoms with Crippen LogP contribution in [0.25, 0.3) is 0 Å². The summed E-state index contributed by atoms with van der Waals surface area (Å²) in [7, 11) is -1.35. The fraction of sp³-hybridized carbons (Fsp3) is 1.00. The fourth-order valence-corrected chi connectivity index (χ4v) is 1.70. The first-order valence-corrected chi connectivity index (χ1v) is 5.75. The Morgan fingerprint density at radius 2 is 1.75 bits per heavy atom. The first-order valence-electron chi connectivity index (χ1n) is 4.38. The molecule has 1 atom stereocenters. The maximum Gasteiger partial charge on any atom is 0.508 e. The number of hydrogen-bond donors (Lipinski definition) is 0. The minimum atomic E-state index is -1.35. The molecule has 0 radical (unpaired) electrons.